The Balaban J connectivity index is 1.64. The van der Waals surface area contributed by atoms with Crippen LogP contribution in [0, 0.1) is 11.3 Å². The Morgan fingerprint density at radius 2 is 1.94 bits per heavy atom. The lowest BCUT2D eigenvalue weighted by atomic mass is 9.75. The molecule has 2 saturated heterocycles. The molecule has 0 spiro atoms. The molecule has 106 valence electrons. The van der Waals surface area contributed by atoms with Gasteiger partial charge in [0, 0.05) is 12.6 Å². The van der Waals surface area contributed by atoms with Crippen LogP contribution in [0.25, 0.3) is 0 Å². The number of hydrogen-bond acceptors (Lipinski definition) is 3. The summed E-state index contributed by atoms with van der Waals surface area (Å²) < 4.78 is 5.50. The highest BCUT2D eigenvalue weighted by atomic mass is 16.5. The minimum Gasteiger partial charge on any atom is -0.379 e. The van der Waals surface area contributed by atoms with Gasteiger partial charge in [-0.1, -0.05) is 20.8 Å². The van der Waals surface area contributed by atoms with Gasteiger partial charge in [0.05, 0.1) is 13.2 Å². The fraction of sp³-hybridized carbons (Fsp3) is 1.00. The number of morpholine rings is 1. The van der Waals surface area contributed by atoms with E-state index >= 15 is 0 Å². The Bertz CT molecular complexity index is 235. The van der Waals surface area contributed by atoms with E-state index in [0.717, 1.165) is 25.7 Å². The molecular weight excluding hydrogens is 224 g/mol. The van der Waals surface area contributed by atoms with Crippen LogP contribution in [-0.4, -0.2) is 50.3 Å². The van der Waals surface area contributed by atoms with Gasteiger partial charge in [0.15, 0.2) is 0 Å². The van der Waals surface area contributed by atoms with Gasteiger partial charge in [0.25, 0.3) is 0 Å². The van der Waals surface area contributed by atoms with Crippen molar-refractivity contribution < 1.29 is 4.74 Å². The first-order chi connectivity index (χ1) is 8.55. The maximum atomic E-state index is 5.50. The molecular formula is C15H30N2O. The Morgan fingerprint density at radius 3 is 2.50 bits per heavy atom. The predicted molar refractivity (Wildman–Crippen MR) is 75.8 cm³/mol. The van der Waals surface area contributed by atoms with Gasteiger partial charge in [0.2, 0.25) is 0 Å². The van der Waals surface area contributed by atoms with Gasteiger partial charge in [0.1, 0.15) is 0 Å². The summed E-state index contributed by atoms with van der Waals surface area (Å²) in [5.74, 6) is 0.907. The quantitative estimate of drug-likeness (QED) is 0.835. The Morgan fingerprint density at radius 1 is 1.22 bits per heavy atom. The lowest BCUT2D eigenvalue weighted by Crippen LogP contribution is -2.44. The summed E-state index contributed by atoms with van der Waals surface area (Å²) in [5.41, 5.74) is 0.491. The Kier molecular flexibility index (Phi) is 5.05. The molecule has 0 saturated carbocycles. The molecule has 1 atom stereocenters. The van der Waals surface area contributed by atoms with Crippen LogP contribution in [0.3, 0.4) is 0 Å². The van der Waals surface area contributed by atoms with Crippen LogP contribution in [-0.2, 0) is 4.74 Å². The number of nitrogens with one attached hydrogen (secondary N) is 1. The number of rotatable bonds is 3. The molecule has 0 radical (unpaired) electrons. The maximum absolute atomic E-state index is 5.50. The lowest BCUT2D eigenvalue weighted by molar-refractivity contribution is 0.0635. The van der Waals surface area contributed by atoms with E-state index < -0.39 is 0 Å². The molecule has 0 amide bonds. The van der Waals surface area contributed by atoms with Crippen molar-refractivity contribution in [1.82, 2.24) is 10.2 Å². The molecule has 2 heterocycles. The van der Waals surface area contributed by atoms with Crippen LogP contribution in [0.15, 0.2) is 0 Å². The Hall–Kier alpha value is -0.120. The first kappa shape index (κ1) is 14.3. The van der Waals surface area contributed by atoms with E-state index in [2.05, 4.69) is 31.0 Å². The molecule has 1 unspecified atom stereocenters. The summed E-state index contributed by atoms with van der Waals surface area (Å²) >= 11 is 0. The van der Waals surface area contributed by atoms with Gasteiger partial charge >= 0.3 is 0 Å². The number of piperidine rings is 1. The largest absolute Gasteiger partial charge is 0.379 e. The summed E-state index contributed by atoms with van der Waals surface area (Å²) in [6.45, 7) is 13.8. The summed E-state index contributed by atoms with van der Waals surface area (Å²) in [6, 6.07) is 0.582. The molecule has 0 aromatic heterocycles. The van der Waals surface area contributed by atoms with Crippen molar-refractivity contribution in [3.05, 3.63) is 0 Å². The minimum absolute atomic E-state index is 0.491. The second kappa shape index (κ2) is 6.36. The highest BCUT2D eigenvalue weighted by molar-refractivity contribution is 4.81. The summed E-state index contributed by atoms with van der Waals surface area (Å²) in [5, 5.41) is 3.54. The van der Waals surface area contributed by atoms with E-state index in [9.17, 15) is 0 Å². The summed E-state index contributed by atoms with van der Waals surface area (Å²) in [4.78, 5) is 2.64. The summed E-state index contributed by atoms with van der Waals surface area (Å²) in [7, 11) is 0. The van der Waals surface area contributed by atoms with E-state index in [0.29, 0.717) is 11.5 Å². The van der Waals surface area contributed by atoms with E-state index in [-0.39, 0.29) is 0 Å². The van der Waals surface area contributed by atoms with Crippen molar-refractivity contribution in [2.45, 2.75) is 46.1 Å². The van der Waals surface area contributed by atoms with Crippen molar-refractivity contribution in [3.8, 4) is 0 Å². The minimum atomic E-state index is 0.491. The molecule has 2 aliphatic rings. The SMILES string of the molecule is CC(C)(C)C1CCN(CCC2COCCN2)CC1. The molecule has 3 heteroatoms. The van der Waals surface area contributed by atoms with Crippen molar-refractivity contribution in [2.24, 2.45) is 11.3 Å². The lowest BCUT2D eigenvalue weighted by Gasteiger charge is -2.39. The second-order valence-electron chi connectivity index (χ2n) is 7.00. The number of ether oxygens (including phenoxy) is 1. The van der Waals surface area contributed by atoms with Gasteiger partial charge in [-0.3, -0.25) is 0 Å². The predicted octanol–water partition coefficient (Wildman–Crippen LogP) is 2.12. The van der Waals surface area contributed by atoms with Crippen molar-refractivity contribution in [2.75, 3.05) is 39.4 Å². The van der Waals surface area contributed by atoms with E-state index in [1.165, 1.54) is 38.9 Å². The Labute approximate surface area is 112 Å². The maximum Gasteiger partial charge on any atom is 0.0620 e. The highest BCUT2D eigenvalue weighted by Crippen LogP contribution is 2.34. The molecule has 2 aliphatic heterocycles. The zero-order valence-electron chi connectivity index (χ0n) is 12.4. The van der Waals surface area contributed by atoms with E-state index in [1.54, 1.807) is 0 Å². The number of nitrogens with zero attached hydrogens (tertiary/aromatic N) is 1. The zero-order chi connectivity index (χ0) is 13.0. The highest BCUT2D eigenvalue weighted by Gasteiger charge is 2.28. The number of hydrogen-bond donors (Lipinski definition) is 1. The smallest absolute Gasteiger partial charge is 0.0620 e. The number of likely N-dealkylation sites (tertiary alicyclic amines) is 1. The molecule has 0 bridgehead atoms. The molecule has 0 aromatic rings. The standard InChI is InChI=1S/C15H30N2O/c1-15(2,3)13-4-8-17(9-5-13)10-6-14-12-18-11-7-16-14/h13-14,16H,4-12H2,1-3H3. The zero-order valence-corrected chi connectivity index (χ0v) is 12.4. The fourth-order valence-corrected chi connectivity index (χ4v) is 3.17. The summed E-state index contributed by atoms with van der Waals surface area (Å²) in [6.07, 6.45) is 3.98. The molecule has 1 N–H and O–H groups in total. The molecule has 2 fully saturated rings. The first-order valence-electron chi connectivity index (χ1n) is 7.59. The van der Waals surface area contributed by atoms with Crippen LogP contribution < -0.4 is 5.32 Å². The fourth-order valence-electron chi connectivity index (χ4n) is 3.17. The molecule has 2 rings (SSSR count). The van der Waals surface area contributed by atoms with Gasteiger partial charge in [-0.05, 0) is 50.2 Å². The van der Waals surface area contributed by atoms with Crippen LogP contribution in [0.2, 0.25) is 0 Å². The normalized spacial score (nSPS) is 28.5. The molecule has 0 aliphatic carbocycles. The van der Waals surface area contributed by atoms with Crippen molar-refractivity contribution in [1.29, 1.82) is 0 Å². The topological polar surface area (TPSA) is 24.5 Å². The van der Waals surface area contributed by atoms with Gasteiger partial charge in [-0.2, -0.15) is 0 Å². The van der Waals surface area contributed by atoms with Crippen LogP contribution in [0.1, 0.15) is 40.0 Å². The van der Waals surface area contributed by atoms with Crippen molar-refractivity contribution >= 4 is 0 Å². The van der Waals surface area contributed by atoms with Crippen molar-refractivity contribution in [3.63, 3.8) is 0 Å². The monoisotopic (exact) mass is 254 g/mol. The van der Waals surface area contributed by atoms with Gasteiger partial charge < -0.3 is 15.0 Å². The third-order valence-corrected chi connectivity index (χ3v) is 4.60. The van der Waals surface area contributed by atoms with Gasteiger partial charge in [-0.25, -0.2) is 0 Å². The average molecular weight is 254 g/mol. The van der Waals surface area contributed by atoms with Crippen LogP contribution in [0.5, 0.6) is 0 Å². The van der Waals surface area contributed by atoms with Crippen LogP contribution >= 0.6 is 0 Å². The van der Waals surface area contributed by atoms with Gasteiger partial charge in [-0.15, -0.1) is 0 Å². The first-order valence-corrected chi connectivity index (χ1v) is 7.59. The van der Waals surface area contributed by atoms with E-state index in [1.807, 2.05) is 0 Å². The molecule has 18 heavy (non-hydrogen) atoms. The average Bonchev–Trinajstić information content (AvgIpc) is 2.37. The molecule has 0 aromatic carbocycles. The second-order valence-corrected chi connectivity index (χ2v) is 7.00. The third-order valence-electron chi connectivity index (χ3n) is 4.60. The molecule has 3 nitrogen and oxygen atoms in total. The third kappa shape index (κ3) is 4.22. The van der Waals surface area contributed by atoms with E-state index in [4.69, 9.17) is 4.74 Å². The van der Waals surface area contributed by atoms with Crippen LogP contribution in [0.4, 0.5) is 0 Å².